The van der Waals surface area contributed by atoms with Crippen LogP contribution in [0.2, 0.25) is 5.02 Å². The van der Waals surface area contributed by atoms with Crippen molar-refractivity contribution in [3.63, 3.8) is 0 Å². The summed E-state index contributed by atoms with van der Waals surface area (Å²) >= 11 is 6.09. The molecule has 27 heavy (non-hydrogen) atoms. The lowest BCUT2D eigenvalue weighted by atomic mass is 9.95. The fraction of sp³-hybridized carbons (Fsp3) is 0.333. The predicted molar refractivity (Wildman–Crippen MR) is 104 cm³/mol. The minimum atomic E-state index is -0.364. The highest BCUT2D eigenvalue weighted by Crippen LogP contribution is 2.23. The Balaban J connectivity index is 1.52. The number of hydrogen-bond acceptors (Lipinski definition) is 2. The Bertz CT molecular complexity index is 848. The summed E-state index contributed by atoms with van der Waals surface area (Å²) in [7, 11) is 0. The van der Waals surface area contributed by atoms with E-state index in [2.05, 4.69) is 5.32 Å². The summed E-state index contributed by atoms with van der Waals surface area (Å²) in [6.07, 6.45) is 1.23. The van der Waals surface area contributed by atoms with Crippen LogP contribution in [0.5, 0.6) is 0 Å². The first-order valence-electron chi connectivity index (χ1n) is 9.02. The Kier molecular flexibility index (Phi) is 6.11. The lowest BCUT2D eigenvalue weighted by Gasteiger charge is -2.31. The Morgan fingerprint density at radius 2 is 1.89 bits per heavy atom. The molecule has 4 nitrogen and oxygen atoms in total. The molecule has 2 aromatic rings. The van der Waals surface area contributed by atoms with Crippen LogP contribution in [0.1, 0.15) is 24.0 Å². The SMILES string of the molecule is Cc1ccc(NC(=O)C2CCN(C(=O)Cc3ccccc3F)CC2)cc1Cl. The van der Waals surface area contributed by atoms with Gasteiger partial charge in [-0.05, 0) is 49.1 Å². The van der Waals surface area contributed by atoms with Crippen LogP contribution in [0.25, 0.3) is 0 Å². The van der Waals surface area contributed by atoms with Gasteiger partial charge >= 0.3 is 0 Å². The van der Waals surface area contributed by atoms with Crippen LogP contribution in [0.4, 0.5) is 10.1 Å². The molecule has 0 spiro atoms. The molecule has 0 unspecified atom stereocenters. The van der Waals surface area contributed by atoms with Crippen LogP contribution in [-0.2, 0) is 16.0 Å². The Morgan fingerprint density at radius 1 is 1.19 bits per heavy atom. The molecule has 0 radical (unpaired) electrons. The van der Waals surface area contributed by atoms with Gasteiger partial charge in [0.2, 0.25) is 11.8 Å². The molecular formula is C21H22ClFN2O2. The highest BCUT2D eigenvalue weighted by Gasteiger charge is 2.27. The monoisotopic (exact) mass is 388 g/mol. The molecule has 6 heteroatoms. The molecule has 0 aromatic heterocycles. The first kappa shape index (κ1) is 19.4. The van der Waals surface area contributed by atoms with E-state index in [0.717, 1.165) is 5.56 Å². The second-order valence-corrected chi connectivity index (χ2v) is 7.28. The fourth-order valence-electron chi connectivity index (χ4n) is 3.22. The zero-order valence-electron chi connectivity index (χ0n) is 15.2. The van der Waals surface area contributed by atoms with E-state index in [1.807, 2.05) is 19.1 Å². The number of piperidine rings is 1. The average Bonchev–Trinajstić information content (AvgIpc) is 2.66. The molecule has 142 valence electrons. The second-order valence-electron chi connectivity index (χ2n) is 6.88. The molecule has 1 aliphatic heterocycles. The van der Waals surface area contributed by atoms with E-state index in [-0.39, 0.29) is 30.0 Å². The molecule has 0 saturated carbocycles. The number of halogens is 2. The highest BCUT2D eigenvalue weighted by atomic mass is 35.5. The molecule has 0 bridgehead atoms. The van der Waals surface area contributed by atoms with Gasteiger partial charge in [-0.15, -0.1) is 0 Å². The largest absolute Gasteiger partial charge is 0.342 e. The van der Waals surface area contributed by atoms with Gasteiger partial charge in [0.25, 0.3) is 0 Å². The van der Waals surface area contributed by atoms with Crippen molar-refractivity contribution < 1.29 is 14.0 Å². The highest BCUT2D eigenvalue weighted by molar-refractivity contribution is 6.31. The molecule has 0 aliphatic carbocycles. The van der Waals surface area contributed by atoms with Crippen LogP contribution in [0.3, 0.4) is 0 Å². The number of nitrogens with zero attached hydrogens (tertiary/aromatic N) is 1. The summed E-state index contributed by atoms with van der Waals surface area (Å²) in [4.78, 5) is 26.6. The minimum absolute atomic E-state index is 0.0470. The summed E-state index contributed by atoms with van der Waals surface area (Å²) < 4.78 is 13.7. The first-order chi connectivity index (χ1) is 12.9. The lowest BCUT2D eigenvalue weighted by molar-refractivity contribution is -0.133. The molecule has 1 N–H and O–H groups in total. The summed E-state index contributed by atoms with van der Waals surface area (Å²) in [6.45, 7) is 2.90. The molecule has 1 heterocycles. The third-order valence-corrected chi connectivity index (χ3v) is 5.36. The number of amides is 2. The van der Waals surface area contributed by atoms with E-state index in [4.69, 9.17) is 11.6 Å². The lowest BCUT2D eigenvalue weighted by Crippen LogP contribution is -2.42. The molecule has 2 aromatic carbocycles. The van der Waals surface area contributed by atoms with Crippen molar-refractivity contribution in [2.45, 2.75) is 26.2 Å². The molecule has 1 aliphatic rings. The molecule has 0 atom stereocenters. The number of anilines is 1. The van der Waals surface area contributed by atoms with Gasteiger partial charge < -0.3 is 10.2 Å². The van der Waals surface area contributed by atoms with Gasteiger partial charge in [-0.25, -0.2) is 4.39 Å². The Hall–Kier alpha value is -2.40. The van der Waals surface area contributed by atoms with Gasteiger partial charge in [-0.3, -0.25) is 9.59 Å². The summed E-state index contributed by atoms with van der Waals surface area (Å²) in [5, 5.41) is 3.51. The number of hydrogen-bond donors (Lipinski definition) is 1. The molecule has 3 rings (SSSR count). The maximum atomic E-state index is 13.7. The number of carbonyl (C=O) groups excluding carboxylic acids is 2. The maximum Gasteiger partial charge on any atom is 0.227 e. The van der Waals surface area contributed by atoms with Crippen molar-refractivity contribution in [1.82, 2.24) is 4.90 Å². The summed E-state index contributed by atoms with van der Waals surface area (Å²) in [5.41, 5.74) is 2.03. The maximum absolute atomic E-state index is 13.7. The fourth-order valence-corrected chi connectivity index (χ4v) is 3.40. The third-order valence-electron chi connectivity index (χ3n) is 4.96. The van der Waals surface area contributed by atoms with Crippen LogP contribution >= 0.6 is 11.6 Å². The van der Waals surface area contributed by atoms with E-state index >= 15 is 0 Å². The van der Waals surface area contributed by atoms with E-state index in [9.17, 15) is 14.0 Å². The normalized spacial score (nSPS) is 14.9. The smallest absolute Gasteiger partial charge is 0.227 e. The number of likely N-dealkylation sites (tertiary alicyclic amines) is 1. The van der Waals surface area contributed by atoms with Gasteiger partial charge in [0.15, 0.2) is 0 Å². The number of rotatable bonds is 4. The van der Waals surface area contributed by atoms with Gasteiger partial charge in [0.05, 0.1) is 6.42 Å². The van der Waals surface area contributed by atoms with Gasteiger partial charge in [0, 0.05) is 29.7 Å². The number of aryl methyl sites for hydroxylation is 1. The molecule has 1 saturated heterocycles. The van der Waals surface area contributed by atoms with E-state index in [1.54, 1.807) is 29.2 Å². The Morgan fingerprint density at radius 3 is 2.56 bits per heavy atom. The van der Waals surface area contributed by atoms with E-state index in [1.165, 1.54) is 6.07 Å². The van der Waals surface area contributed by atoms with Crippen molar-refractivity contribution in [1.29, 1.82) is 0 Å². The van der Waals surface area contributed by atoms with E-state index < -0.39 is 0 Å². The number of nitrogens with one attached hydrogen (secondary N) is 1. The minimum Gasteiger partial charge on any atom is -0.342 e. The van der Waals surface area contributed by atoms with Gasteiger partial charge in [-0.2, -0.15) is 0 Å². The molecule has 2 amide bonds. The zero-order valence-corrected chi connectivity index (χ0v) is 15.9. The summed E-state index contributed by atoms with van der Waals surface area (Å²) in [6, 6.07) is 11.7. The predicted octanol–water partition coefficient (Wildman–Crippen LogP) is 4.21. The third kappa shape index (κ3) is 4.86. The Labute approximate surface area is 163 Å². The van der Waals surface area contributed by atoms with Crippen molar-refractivity contribution in [3.05, 3.63) is 64.4 Å². The van der Waals surface area contributed by atoms with Crippen LogP contribution in [0.15, 0.2) is 42.5 Å². The standard InChI is InChI=1S/C21H22ClFN2O2/c1-14-6-7-17(13-18(14)22)24-21(27)15-8-10-25(11-9-15)20(26)12-16-4-2-3-5-19(16)23/h2-7,13,15H,8-12H2,1H3,(H,24,27). The number of carbonyl (C=O) groups is 2. The molecule has 1 fully saturated rings. The van der Waals surface area contributed by atoms with E-state index in [0.29, 0.717) is 42.2 Å². The van der Waals surface area contributed by atoms with Crippen molar-refractivity contribution in [2.75, 3.05) is 18.4 Å². The zero-order chi connectivity index (χ0) is 19.4. The number of benzene rings is 2. The van der Waals surface area contributed by atoms with Crippen molar-refractivity contribution >= 4 is 29.1 Å². The van der Waals surface area contributed by atoms with Gasteiger partial charge in [-0.1, -0.05) is 35.9 Å². The van der Waals surface area contributed by atoms with Crippen molar-refractivity contribution in [3.8, 4) is 0 Å². The van der Waals surface area contributed by atoms with Crippen LogP contribution < -0.4 is 5.32 Å². The van der Waals surface area contributed by atoms with Crippen LogP contribution in [0, 0.1) is 18.7 Å². The second kappa shape index (κ2) is 8.53. The average molecular weight is 389 g/mol. The quantitative estimate of drug-likeness (QED) is 0.853. The van der Waals surface area contributed by atoms with Crippen LogP contribution in [-0.4, -0.2) is 29.8 Å². The molecular weight excluding hydrogens is 367 g/mol. The summed E-state index contributed by atoms with van der Waals surface area (Å²) in [5.74, 6) is -0.681. The van der Waals surface area contributed by atoms with Gasteiger partial charge in [0.1, 0.15) is 5.82 Å². The first-order valence-corrected chi connectivity index (χ1v) is 9.40. The topological polar surface area (TPSA) is 49.4 Å². The van der Waals surface area contributed by atoms with Crippen molar-refractivity contribution in [2.24, 2.45) is 5.92 Å².